The van der Waals surface area contributed by atoms with Crippen molar-refractivity contribution in [2.45, 2.75) is 38.5 Å². The van der Waals surface area contributed by atoms with Gasteiger partial charge < -0.3 is 14.6 Å². The Morgan fingerprint density at radius 1 is 1.05 bits per heavy atom. The number of hydrogen-bond acceptors (Lipinski definition) is 5. The van der Waals surface area contributed by atoms with Crippen LogP contribution in [-0.4, -0.2) is 24.4 Å². The fourth-order valence-corrected chi connectivity index (χ4v) is 4.47. The van der Waals surface area contributed by atoms with E-state index in [0.717, 1.165) is 25.3 Å². The maximum atomic E-state index is 14.4. The molecular formula is C27H22ClF4NO4. The van der Waals surface area contributed by atoms with Crippen LogP contribution in [-0.2, 0) is 10.3 Å². The fraction of sp³-hybridized carbons (Fsp3) is 0.259. The minimum Gasteiger partial charge on any atom is -0.465 e. The van der Waals surface area contributed by atoms with Gasteiger partial charge in [0.1, 0.15) is 17.3 Å². The molecular weight excluding hydrogens is 514 g/mol. The first-order chi connectivity index (χ1) is 17.2. The summed E-state index contributed by atoms with van der Waals surface area (Å²) < 4.78 is 67.3. The number of alkyl halides is 3. The first-order valence-electron chi connectivity index (χ1n) is 10.9. The van der Waals surface area contributed by atoms with E-state index in [2.05, 4.69) is 4.74 Å². The standard InChI is InChI=1S/C27H22ClF4NO4/c1-14-9-17(10-15(2)22(14)13-33)26(35,27(30,31)32)16(3)20-7-5-18(11-23(20)28)37-19-6-8-21(24(29)12-19)25(34)36-4/h5-12,16,35H,1-4H3/t16-,26-/m0/s1. The summed E-state index contributed by atoms with van der Waals surface area (Å²) in [5.41, 5.74) is -3.22. The molecule has 10 heteroatoms. The zero-order valence-corrected chi connectivity index (χ0v) is 21.0. The van der Waals surface area contributed by atoms with Gasteiger partial charge in [-0.25, -0.2) is 9.18 Å². The van der Waals surface area contributed by atoms with E-state index in [1.807, 2.05) is 6.07 Å². The highest BCUT2D eigenvalue weighted by Gasteiger charge is 2.59. The lowest BCUT2D eigenvalue weighted by Gasteiger charge is -2.37. The topological polar surface area (TPSA) is 79.6 Å². The molecule has 0 unspecified atom stereocenters. The second-order valence-corrected chi connectivity index (χ2v) is 8.91. The van der Waals surface area contributed by atoms with Crippen molar-refractivity contribution in [3.05, 3.63) is 92.8 Å². The number of benzene rings is 3. The van der Waals surface area contributed by atoms with E-state index in [1.165, 1.54) is 51.1 Å². The number of nitrogens with zero attached hydrogens (tertiary/aromatic N) is 1. The van der Waals surface area contributed by atoms with E-state index in [0.29, 0.717) is 11.1 Å². The first-order valence-corrected chi connectivity index (χ1v) is 11.3. The van der Waals surface area contributed by atoms with Crippen LogP contribution in [0.4, 0.5) is 17.6 Å². The van der Waals surface area contributed by atoms with Crippen molar-refractivity contribution >= 4 is 17.6 Å². The Labute approximate surface area is 215 Å². The summed E-state index contributed by atoms with van der Waals surface area (Å²) in [4.78, 5) is 11.5. The minimum atomic E-state index is -5.09. The van der Waals surface area contributed by atoms with Crippen LogP contribution in [0.25, 0.3) is 0 Å². The highest BCUT2D eigenvalue weighted by atomic mass is 35.5. The summed E-state index contributed by atoms with van der Waals surface area (Å²) in [5, 5.41) is 20.3. The van der Waals surface area contributed by atoms with Gasteiger partial charge in [0.15, 0.2) is 5.60 Å². The second-order valence-electron chi connectivity index (χ2n) is 8.50. The largest absolute Gasteiger partial charge is 0.465 e. The van der Waals surface area contributed by atoms with E-state index in [1.54, 1.807) is 0 Å². The first kappa shape index (κ1) is 28.0. The summed E-state index contributed by atoms with van der Waals surface area (Å²) >= 11 is 6.32. The Bertz CT molecular complexity index is 1380. The Morgan fingerprint density at radius 3 is 2.11 bits per heavy atom. The summed E-state index contributed by atoms with van der Waals surface area (Å²) in [6.45, 7) is 4.19. The van der Waals surface area contributed by atoms with Gasteiger partial charge >= 0.3 is 12.1 Å². The molecule has 0 radical (unpaired) electrons. The van der Waals surface area contributed by atoms with Crippen molar-refractivity contribution in [3.63, 3.8) is 0 Å². The van der Waals surface area contributed by atoms with Crippen molar-refractivity contribution in [1.29, 1.82) is 5.26 Å². The van der Waals surface area contributed by atoms with Crippen LogP contribution in [0.2, 0.25) is 5.02 Å². The number of carbonyl (C=O) groups excluding carboxylic acids is 1. The van der Waals surface area contributed by atoms with E-state index in [4.69, 9.17) is 16.3 Å². The van der Waals surface area contributed by atoms with Gasteiger partial charge in [-0.2, -0.15) is 18.4 Å². The van der Waals surface area contributed by atoms with Crippen molar-refractivity contribution in [2.24, 2.45) is 0 Å². The third-order valence-corrected chi connectivity index (χ3v) is 6.49. The molecule has 2 atom stereocenters. The van der Waals surface area contributed by atoms with Gasteiger partial charge in [-0.05, 0) is 60.4 Å². The van der Waals surface area contributed by atoms with E-state index >= 15 is 0 Å². The molecule has 3 rings (SSSR count). The van der Waals surface area contributed by atoms with Crippen LogP contribution in [0.1, 0.15) is 51.0 Å². The molecule has 3 aromatic carbocycles. The zero-order valence-electron chi connectivity index (χ0n) is 20.2. The molecule has 0 saturated carbocycles. The van der Waals surface area contributed by atoms with Crippen LogP contribution in [0.3, 0.4) is 0 Å². The average molecular weight is 536 g/mol. The van der Waals surface area contributed by atoms with Crippen molar-refractivity contribution < 1.29 is 36.9 Å². The third kappa shape index (κ3) is 5.26. The quantitative estimate of drug-likeness (QED) is 0.269. The molecule has 0 aliphatic heterocycles. The molecule has 0 fully saturated rings. The van der Waals surface area contributed by atoms with E-state index < -0.39 is 35.0 Å². The van der Waals surface area contributed by atoms with Crippen LogP contribution in [0, 0.1) is 31.0 Å². The molecule has 0 aliphatic rings. The number of halogens is 5. The molecule has 3 aromatic rings. The molecule has 194 valence electrons. The minimum absolute atomic E-state index is 0.0114. The third-order valence-electron chi connectivity index (χ3n) is 6.16. The van der Waals surface area contributed by atoms with Crippen molar-refractivity contribution in [1.82, 2.24) is 0 Å². The number of ether oxygens (including phenoxy) is 2. The summed E-state index contributed by atoms with van der Waals surface area (Å²) in [5.74, 6) is -3.21. The lowest BCUT2D eigenvalue weighted by molar-refractivity contribution is -0.274. The van der Waals surface area contributed by atoms with Crippen LogP contribution < -0.4 is 4.74 Å². The van der Waals surface area contributed by atoms with Gasteiger partial charge in [0, 0.05) is 17.0 Å². The number of aryl methyl sites for hydroxylation is 2. The summed E-state index contributed by atoms with van der Waals surface area (Å²) in [6, 6.07) is 11.5. The van der Waals surface area contributed by atoms with Crippen LogP contribution >= 0.6 is 11.6 Å². The van der Waals surface area contributed by atoms with E-state index in [-0.39, 0.29) is 33.2 Å². The maximum Gasteiger partial charge on any atom is 0.422 e. The van der Waals surface area contributed by atoms with Gasteiger partial charge in [-0.3, -0.25) is 0 Å². The molecule has 1 N–H and O–H groups in total. The van der Waals surface area contributed by atoms with Crippen molar-refractivity contribution in [3.8, 4) is 17.6 Å². The number of esters is 1. The summed E-state index contributed by atoms with van der Waals surface area (Å²) in [7, 11) is 1.11. The number of rotatable bonds is 6. The van der Waals surface area contributed by atoms with E-state index in [9.17, 15) is 32.7 Å². The lowest BCUT2D eigenvalue weighted by atomic mass is 9.76. The highest BCUT2D eigenvalue weighted by molar-refractivity contribution is 6.31. The number of aliphatic hydroxyl groups is 1. The highest BCUT2D eigenvalue weighted by Crippen LogP contribution is 2.50. The molecule has 0 amide bonds. The van der Waals surface area contributed by atoms with Gasteiger partial charge in [-0.1, -0.05) is 36.7 Å². The van der Waals surface area contributed by atoms with Gasteiger partial charge in [-0.15, -0.1) is 0 Å². The SMILES string of the molecule is COC(=O)c1ccc(Oc2ccc([C@H](C)[C@](O)(c3cc(C)c(C#N)c(C)c3)C(F)(F)F)c(Cl)c2)cc1F. The number of hydrogen-bond donors (Lipinski definition) is 1. The molecule has 0 heterocycles. The molecule has 0 bridgehead atoms. The molecule has 0 aliphatic carbocycles. The zero-order chi connectivity index (χ0) is 27.7. The Hall–Kier alpha value is -3.61. The number of nitriles is 1. The monoisotopic (exact) mass is 535 g/mol. The maximum absolute atomic E-state index is 14.4. The number of methoxy groups -OCH3 is 1. The van der Waals surface area contributed by atoms with Crippen LogP contribution in [0.5, 0.6) is 11.5 Å². The molecule has 0 spiro atoms. The lowest BCUT2D eigenvalue weighted by Crippen LogP contribution is -2.46. The number of carbonyl (C=O) groups is 1. The Balaban J connectivity index is 1.99. The van der Waals surface area contributed by atoms with Crippen LogP contribution in [0.15, 0.2) is 48.5 Å². The van der Waals surface area contributed by atoms with Crippen molar-refractivity contribution in [2.75, 3.05) is 7.11 Å². The van der Waals surface area contributed by atoms with Gasteiger partial charge in [0.2, 0.25) is 0 Å². The predicted octanol–water partition coefficient (Wildman–Crippen LogP) is 7.10. The second kappa shape index (κ2) is 10.4. The Kier molecular flexibility index (Phi) is 7.86. The fourth-order valence-electron chi connectivity index (χ4n) is 4.14. The average Bonchev–Trinajstić information content (AvgIpc) is 2.82. The molecule has 0 aromatic heterocycles. The Morgan fingerprint density at radius 2 is 1.62 bits per heavy atom. The smallest absolute Gasteiger partial charge is 0.422 e. The van der Waals surface area contributed by atoms with Gasteiger partial charge in [0.05, 0.1) is 24.3 Å². The molecule has 37 heavy (non-hydrogen) atoms. The predicted molar refractivity (Wildman–Crippen MR) is 128 cm³/mol. The molecule has 5 nitrogen and oxygen atoms in total. The molecule has 0 saturated heterocycles. The van der Waals surface area contributed by atoms with Gasteiger partial charge in [0.25, 0.3) is 0 Å². The normalized spacial score (nSPS) is 13.9. The summed E-state index contributed by atoms with van der Waals surface area (Å²) in [6.07, 6.45) is -5.09.